The molecule has 0 amide bonds. The summed E-state index contributed by atoms with van der Waals surface area (Å²) >= 11 is 0. The van der Waals surface area contributed by atoms with Gasteiger partial charge in [0.15, 0.2) is 0 Å². The minimum atomic E-state index is -3.94. The van der Waals surface area contributed by atoms with Crippen LogP contribution in [0.3, 0.4) is 0 Å². The van der Waals surface area contributed by atoms with Crippen molar-refractivity contribution >= 4 is 20.0 Å². The largest absolute Gasteiger partial charge is 0.328 e. The van der Waals surface area contributed by atoms with Crippen LogP contribution >= 0.6 is 0 Å². The Labute approximate surface area is 125 Å². The van der Waals surface area contributed by atoms with E-state index in [1.807, 2.05) is 0 Å². The van der Waals surface area contributed by atoms with Gasteiger partial charge in [-0.3, -0.25) is 0 Å². The number of nitrogens with two attached hydrogens (primary N) is 2. The van der Waals surface area contributed by atoms with E-state index in [0.717, 1.165) is 6.07 Å². The second-order valence-corrected chi connectivity index (χ2v) is 8.72. The summed E-state index contributed by atoms with van der Waals surface area (Å²) in [6.45, 7) is 2.12. The van der Waals surface area contributed by atoms with Gasteiger partial charge < -0.3 is 5.73 Å². The maximum atomic E-state index is 12.6. The molecule has 1 fully saturated rings. The SMILES string of the molecule is CC1CC(N)CCN1S(=O)(=O)c1cccc(S(N)(=O)=O)c1. The summed E-state index contributed by atoms with van der Waals surface area (Å²) in [5.41, 5.74) is 5.83. The fraction of sp³-hybridized carbons (Fsp3) is 0.500. The van der Waals surface area contributed by atoms with Crippen molar-refractivity contribution in [3.05, 3.63) is 24.3 Å². The van der Waals surface area contributed by atoms with Crippen LogP contribution < -0.4 is 10.9 Å². The number of primary sulfonamides is 1. The Bertz CT molecular complexity index is 731. The van der Waals surface area contributed by atoms with Crippen LogP contribution in [0.2, 0.25) is 0 Å². The minimum absolute atomic E-state index is 0.0118. The van der Waals surface area contributed by atoms with Gasteiger partial charge in [0.25, 0.3) is 0 Å². The lowest BCUT2D eigenvalue weighted by atomic mass is 10.0. The average molecular weight is 333 g/mol. The van der Waals surface area contributed by atoms with Crippen molar-refractivity contribution in [1.29, 1.82) is 0 Å². The van der Waals surface area contributed by atoms with E-state index in [0.29, 0.717) is 19.4 Å². The standard InChI is InChI=1S/C12H19N3O4S2/c1-9-7-10(13)5-6-15(9)21(18,19)12-4-2-3-11(8-12)20(14,16)17/h2-4,8-10H,5-7,13H2,1H3,(H2,14,16,17). The van der Waals surface area contributed by atoms with Gasteiger partial charge in [0, 0.05) is 18.6 Å². The summed E-state index contributed by atoms with van der Waals surface area (Å²) in [7, 11) is -7.70. The highest BCUT2D eigenvalue weighted by Gasteiger charge is 2.33. The molecule has 0 bridgehead atoms. The van der Waals surface area contributed by atoms with E-state index in [2.05, 4.69) is 0 Å². The summed E-state index contributed by atoms with van der Waals surface area (Å²) < 4.78 is 49.3. The van der Waals surface area contributed by atoms with E-state index in [1.165, 1.54) is 22.5 Å². The Kier molecular flexibility index (Phi) is 4.41. The predicted octanol–water partition coefficient (Wildman–Crippen LogP) is -0.166. The number of piperidine rings is 1. The Morgan fingerprint density at radius 3 is 2.38 bits per heavy atom. The zero-order chi connectivity index (χ0) is 15.8. The third kappa shape index (κ3) is 3.43. The van der Waals surface area contributed by atoms with Crippen molar-refractivity contribution in [1.82, 2.24) is 4.31 Å². The van der Waals surface area contributed by atoms with Crippen molar-refractivity contribution in [2.75, 3.05) is 6.54 Å². The van der Waals surface area contributed by atoms with Crippen LogP contribution in [0.5, 0.6) is 0 Å². The number of rotatable bonds is 3. The number of nitrogens with zero attached hydrogens (tertiary/aromatic N) is 1. The summed E-state index contributed by atoms with van der Waals surface area (Å²) in [5.74, 6) is 0. The molecule has 1 heterocycles. The van der Waals surface area contributed by atoms with Crippen molar-refractivity contribution in [2.24, 2.45) is 10.9 Å². The molecule has 9 heteroatoms. The van der Waals surface area contributed by atoms with Crippen LogP contribution in [0.25, 0.3) is 0 Å². The first-order valence-electron chi connectivity index (χ1n) is 6.52. The molecule has 118 valence electrons. The molecule has 2 atom stereocenters. The summed E-state index contributed by atoms with van der Waals surface area (Å²) in [4.78, 5) is -0.290. The Morgan fingerprint density at radius 2 is 1.81 bits per heavy atom. The molecule has 1 aliphatic heterocycles. The second-order valence-electron chi connectivity index (χ2n) is 5.27. The van der Waals surface area contributed by atoms with Gasteiger partial charge >= 0.3 is 0 Å². The van der Waals surface area contributed by atoms with Gasteiger partial charge in [0.1, 0.15) is 0 Å². The van der Waals surface area contributed by atoms with E-state index < -0.39 is 20.0 Å². The maximum Gasteiger partial charge on any atom is 0.243 e. The molecule has 0 aliphatic carbocycles. The van der Waals surface area contributed by atoms with E-state index in [-0.39, 0.29) is 21.9 Å². The predicted molar refractivity (Wildman–Crippen MR) is 78.4 cm³/mol. The normalized spacial score (nSPS) is 24.9. The lowest BCUT2D eigenvalue weighted by Gasteiger charge is -2.35. The molecule has 2 rings (SSSR count). The van der Waals surface area contributed by atoms with Crippen LogP contribution in [0.1, 0.15) is 19.8 Å². The molecule has 7 nitrogen and oxygen atoms in total. The van der Waals surface area contributed by atoms with Crippen LogP contribution in [-0.2, 0) is 20.0 Å². The Balaban J connectivity index is 2.41. The van der Waals surface area contributed by atoms with E-state index >= 15 is 0 Å². The zero-order valence-corrected chi connectivity index (χ0v) is 13.3. The molecule has 4 N–H and O–H groups in total. The van der Waals surface area contributed by atoms with E-state index in [9.17, 15) is 16.8 Å². The van der Waals surface area contributed by atoms with E-state index in [1.54, 1.807) is 6.92 Å². The summed E-state index contributed by atoms with van der Waals surface area (Å²) in [5, 5.41) is 5.04. The third-order valence-electron chi connectivity index (χ3n) is 3.60. The number of benzene rings is 1. The molecule has 1 aromatic carbocycles. The van der Waals surface area contributed by atoms with Crippen molar-refractivity contribution in [3.63, 3.8) is 0 Å². The smallest absolute Gasteiger partial charge is 0.243 e. The number of hydrogen-bond acceptors (Lipinski definition) is 5. The first-order chi connectivity index (χ1) is 9.62. The average Bonchev–Trinajstić information content (AvgIpc) is 2.37. The number of hydrogen-bond donors (Lipinski definition) is 2. The molecule has 21 heavy (non-hydrogen) atoms. The van der Waals surface area contributed by atoms with Gasteiger partial charge in [-0.05, 0) is 38.0 Å². The van der Waals surface area contributed by atoms with Gasteiger partial charge in [-0.2, -0.15) is 4.31 Å². The molecule has 0 aromatic heterocycles. The molecule has 0 saturated carbocycles. The fourth-order valence-electron chi connectivity index (χ4n) is 2.49. The highest BCUT2D eigenvalue weighted by atomic mass is 32.2. The zero-order valence-electron chi connectivity index (χ0n) is 11.6. The van der Waals surface area contributed by atoms with Crippen molar-refractivity contribution in [3.8, 4) is 0 Å². The lowest BCUT2D eigenvalue weighted by Crippen LogP contribution is -2.48. The first kappa shape index (κ1) is 16.4. The van der Waals surface area contributed by atoms with Crippen molar-refractivity contribution in [2.45, 2.75) is 41.6 Å². The molecule has 1 aromatic rings. The maximum absolute atomic E-state index is 12.6. The van der Waals surface area contributed by atoms with Crippen molar-refractivity contribution < 1.29 is 16.8 Å². The van der Waals surface area contributed by atoms with Crippen LogP contribution in [-0.4, -0.2) is 39.8 Å². The lowest BCUT2D eigenvalue weighted by molar-refractivity contribution is 0.247. The molecular weight excluding hydrogens is 314 g/mol. The first-order valence-corrected chi connectivity index (χ1v) is 9.51. The van der Waals surface area contributed by atoms with Crippen LogP contribution in [0, 0.1) is 0 Å². The van der Waals surface area contributed by atoms with Gasteiger partial charge in [-0.25, -0.2) is 22.0 Å². The Hall–Kier alpha value is -1.00. The minimum Gasteiger partial charge on any atom is -0.328 e. The van der Waals surface area contributed by atoms with Crippen LogP contribution in [0.15, 0.2) is 34.1 Å². The van der Waals surface area contributed by atoms with Gasteiger partial charge in [0.2, 0.25) is 20.0 Å². The third-order valence-corrected chi connectivity index (χ3v) is 6.52. The summed E-state index contributed by atoms with van der Waals surface area (Å²) in [6, 6.07) is 4.85. The molecule has 0 spiro atoms. The summed E-state index contributed by atoms with van der Waals surface area (Å²) in [6.07, 6.45) is 1.16. The molecule has 0 radical (unpaired) electrons. The topological polar surface area (TPSA) is 124 Å². The monoisotopic (exact) mass is 333 g/mol. The highest BCUT2D eigenvalue weighted by molar-refractivity contribution is 7.90. The molecular formula is C12H19N3O4S2. The van der Waals surface area contributed by atoms with E-state index in [4.69, 9.17) is 10.9 Å². The fourth-order valence-corrected chi connectivity index (χ4v) is 4.83. The van der Waals surface area contributed by atoms with Gasteiger partial charge in [0.05, 0.1) is 9.79 Å². The van der Waals surface area contributed by atoms with Crippen LogP contribution in [0.4, 0.5) is 0 Å². The highest BCUT2D eigenvalue weighted by Crippen LogP contribution is 2.25. The molecule has 1 aliphatic rings. The quantitative estimate of drug-likeness (QED) is 0.795. The Morgan fingerprint density at radius 1 is 1.19 bits per heavy atom. The number of sulfonamides is 2. The molecule has 2 unspecified atom stereocenters. The van der Waals surface area contributed by atoms with Gasteiger partial charge in [-0.1, -0.05) is 6.07 Å². The van der Waals surface area contributed by atoms with Gasteiger partial charge in [-0.15, -0.1) is 0 Å². The second kappa shape index (κ2) is 5.65. The molecule has 1 saturated heterocycles.